The molecule has 2 bridgehead atoms. The smallest absolute Gasteiger partial charge is 0.410 e. The zero-order valence-corrected chi connectivity index (χ0v) is 23.2. The zero-order valence-electron chi connectivity index (χ0n) is 23.2. The summed E-state index contributed by atoms with van der Waals surface area (Å²) < 4.78 is 18.9. The minimum Gasteiger partial charge on any atom is -0.489 e. The predicted molar refractivity (Wildman–Crippen MR) is 155 cm³/mol. The minimum absolute atomic E-state index is 0.0407. The average Bonchev–Trinajstić information content (AvgIpc) is 3.00. The number of nitrogens with zero attached hydrogens (tertiary/aromatic N) is 1. The van der Waals surface area contributed by atoms with Crippen molar-refractivity contribution in [2.24, 2.45) is 5.92 Å². The summed E-state index contributed by atoms with van der Waals surface area (Å²) in [7, 11) is 0. The van der Waals surface area contributed by atoms with Gasteiger partial charge in [-0.1, -0.05) is 73.5 Å². The van der Waals surface area contributed by atoms with Crippen LogP contribution in [0.5, 0.6) is 11.5 Å². The molecule has 1 N–H and O–H groups in total. The molecule has 208 valence electrons. The molecule has 2 aliphatic heterocycles. The molecule has 1 amide bonds. The first kappa shape index (κ1) is 25.3. The number of piperidine rings is 1. The van der Waals surface area contributed by atoms with Crippen LogP contribution in [0.4, 0.5) is 10.5 Å². The maximum absolute atomic E-state index is 13.5. The number of likely N-dealkylation sites (tertiary alicyclic amines) is 1. The van der Waals surface area contributed by atoms with Crippen LogP contribution in [0.25, 0.3) is 0 Å². The Morgan fingerprint density at radius 3 is 2.55 bits per heavy atom. The van der Waals surface area contributed by atoms with Gasteiger partial charge in [0.2, 0.25) is 0 Å². The zero-order chi connectivity index (χ0) is 27.1. The number of carbonyl (C=O) groups excluding carboxylic acids is 1. The van der Waals surface area contributed by atoms with Gasteiger partial charge in [0.05, 0.1) is 6.04 Å². The highest BCUT2D eigenvalue weighted by molar-refractivity contribution is 5.75. The molecule has 3 aromatic rings. The monoisotopic (exact) mass is 538 g/mol. The van der Waals surface area contributed by atoms with Crippen molar-refractivity contribution in [2.45, 2.75) is 76.2 Å². The molecule has 4 aliphatic rings. The first-order valence-electron chi connectivity index (χ1n) is 14.9. The lowest BCUT2D eigenvalue weighted by molar-refractivity contribution is -0.0143. The summed E-state index contributed by atoms with van der Waals surface area (Å²) in [6.07, 6.45) is 6.26. The van der Waals surface area contributed by atoms with Crippen LogP contribution in [-0.2, 0) is 29.8 Å². The van der Waals surface area contributed by atoms with E-state index in [4.69, 9.17) is 14.2 Å². The van der Waals surface area contributed by atoms with Crippen molar-refractivity contribution < 1.29 is 19.0 Å². The second kappa shape index (κ2) is 10.4. The van der Waals surface area contributed by atoms with Gasteiger partial charge in [-0.25, -0.2) is 4.79 Å². The van der Waals surface area contributed by atoms with E-state index in [0.717, 1.165) is 60.5 Å². The van der Waals surface area contributed by atoms with Gasteiger partial charge in [0.1, 0.15) is 37.0 Å². The Morgan fingerprint density at radius 2 is 1.77 bits per heavy atom. The predicted octanol–water partition coefficient (Wildman–Crippen LogP) is 6.85. The molecule has 40 heavy (non-hydrogen) atoms. The Hall–Kier alpha value is -3.67. The van der Waals surface area contributed by atoms with Gasteiger partial charge in [0.25, 0.3) is 0 Å². The fraction of sp³-hybridized carbons (Fsp3) is 0.441. The van der Waals surface area contributed by atoms with E-state index in [9.17, 15) is 4.79 Å². The van der Waals surface area contributed by atoms with E-state index in [0.29, 0.717) is 25.7 Å². The summed E-state index contributed by atoms with van der Waals surface area (Å²) in [5.41, 5.74) is 5.80. The topological polar surface area (TPSA) is 60.0 Å². The fourth-order valence-electron chi connectivity index (χ4n) is 7.76. The number of rotatable bonds is 5. The van der Waals surface area contributed by atoms with Gasteiger partial charge in [-0.15, -0.1) is 0 Å². The SMILES string of the molecule is CC1COc2c3c(cc(OCc4ccccc4)c2N1)[C@]12CCCCC1[C@H](C3)N(C(=O)OCc1ccccc1)CC2. The van der Waals surface area contributed by atoms with Gasteiger partial charge >= 0.3 is 6.09 Å². The summed E-state index contributed by atoms with van der Waals surface area (Å²) >= 11 is 0. The lowest BCUT2D eigenvalue weighted by Gasteiger charge is -2.58. The number of ether oxygens (including phenoxy) is 3. The van der Waals surface area contributed by atoms with E-state index in [1.54, 1.807) is 0 Å². The Morgan fingerprint density at radius 1 is 1.02 bits per heavy atom. The minimum atomic E-state index is -0.194. The number of nitrogens with one attached hydrogen (secondary N) is 1. The molecule has 2 fully saturated rings. The van der Waals surface area contributed by atoms with Crippen LogP contribution in [0.3, 0.4) is 0 Å². The number of benzene rings is 3. The maximum atomic E-state index is 13.5. The molecule has 0 radical (unpaired) electrons. The summed E-state index contributed by atoms with van der Waals surface area (Å²) in [5.74, 6) is 2.22. The molecular formula is C34H38N2O4. The van der Waals surface area contributed by atoms with Crippen LogP contribution < -0.4 is 14.8 Å². The Bertz CT molecular complexity index is 1380. The molecule has 2 aliphatic carbocycles. The van der Waals surface area contributed by atoms with Crippen LogP contribution in [0.2, 0.25) is 0 Å². The van der Waals surface area contributed by atoms with E-state index in [1.165, 1.54) is 24.0 Å². The molecule has 0 spiro atoms. The lowest BCUT2D eigenvalue weighted by Crippen LogP contribution is -2.62. The van der Waals surface area contributed by atoms with E-state index in [-0.39, 0.29) is 23.6 Å². The van der Waals surface area contributed by atoms with Crippen molar-refractivity contribution in [1.82, 2.24) is 4.90 Å². The fourth-order valence-corrected chi connectivity index (χ4v) is 7.76. The largest absolute Gasteiger partial charge is 0.489 e. The second-order valence-electron chi connectivity index (χ2n) is 12.0. The molecular weight excluding hydrogens is 500 g/mol. The van der Waals surface area contributed by atoms with E-state index in [1.807, 2.05) is 41.3 Å². The van der Waals surface area contributed by atoms with Crippen LogP contribution in [0, 0.1) is 5.92 Å². The summed E-state index contributed by atoms with van der Waals surface area (Å²) in [6.45, 7) is 4.30. The van der Waals surface area contributed by atoms with Crippen molar-refractivity contribution in [2.75, 3.05) is 18.5 Å². The van der Waals surface area contributed by atoms with Crippen LogP contribution in [-0.4, -0.2) is 36.2 Å². The molecule has 2 unspecified atom stereocenters. The van der Waals surface area contributed by atoms with Crippen molar-refractivity contribution in [3.8, 4) is 11.5 Å². The quantitative estimate of drug-likeness (QED) is 0.385. The molecule has 6 nitrogen and oxygen atoms in total. The van der Waals surface area contributed by atoms with Gasteiger partial charge in [-0.05, 0) is 61.3 Å². The number of hydrogen-bond donors (Lipinski definition) is 1. The van der Waals surface area contributed by atoms with Gasteiger partial charge in [-0.3, -0.25) is 0 Å². The molecule has 7 rings (SSSR count). The van der Waals surface area contributed by atoms with Crippen LogP contribution in [0.1, 0.15) is 61.3 Å². The highest BCUT2D eigenvalue weighted by atomic mass is 16.6. The van der Waals surface area contributed by atoms with E-state index < -0.39 is 0 Å². The van der Waals surface area contributed by atoms with E-state index >= 15 is 0 Å². The van der Waals surface area contributed by atoms with Crippen LogP contribution >= 0.6 is 0 Å². The summed E-state index contributed by atoms with van der Waals surface area (Å²) in [5, 5.41) is 3.67. The number of amides is 1. The molecule has 2 heterocycles. The molecule has 3 aromatic carbocycles. The average molecular weight is 539 g/mol. The summed E-state index contributed by atoms with van der Waals surface area (Å²) in [4.78, 5) is 15.5. The van der Waals surface area contributed by atoms with Crippen LogP contribution in [0.15, 0.2) is 66.7 Å². The van der Waals surface area contributed by atoms with Gasteiger partial charge in [0, 0.05) is 23.6 Å². The maximum Gasteiger partial charge on any atom is 0.410 e. The van der Waals surface area contributed by atoms with Gasteiger partial charge in [-0.2, -0.15) is 0 Å². The van der Waals surface area contributed by atoms with Crippen molar-refractivity contribution in [3.63, 3.8) is 0 Å². The molecule has 0 aromatic heterocycles. The Kier molecular flexibility index (Phi) is 6.57. The first-order valence-corrected chi connectivity index (χ1v) is 14.9. The highest BCUT2D eigenvalue weighted by Crippen LogP contribution is 2.59. The second-order valence-corrected chi connectivity index (χ2v) is 12.0. The number of hydrogen-bond acceptors (Lipinski definition) is 5. The molecule has 6 heteroatoms. The third kappa shape index (κ3) is 4.38. The third-order valence-electron chi connectivity index (χ3n) is 9.60. The lowest BCUT2D eigenvalue weighted by atomic mass is 9.52. The number of fused-ring (bicyclic) bond motifs is 3. The van der Waals surface area contributed by atoms with E-state index in [2.05, 4.69) is 42.6 Å². The molecule has 1 saturated heterocycles. The standard InChI is InChI=1S/C34H38N2O4/c1-23-20-39-32-26-18-29-27-14-8-9-15-34(27,16-17-36(29)33(37)40-22-25-12-6-3-7-13-25)28(26)19-30(31(32)35-23)38-21-24-10-4-2-5-11-24/h2-7,10-13,19,23,27,29,35H,8-9,14-18,20-22H2,1H3/t23?,27?,29-,34-/m0/s1. The third-order valence-corrected chi connectivity index (χ3v) is 9.60. The molecule has 1 saturated carbocycles. The number of anilines is 1. The first-order chi connectivity index (χ1) is 19.6. The molecule has 4 atom stereocenters. The van der Waals surface area contributed by atoms with Crippen molar-refractivity contribution in [1.29, 1.82) is 0 Å². The van der Waals surface area contributed by atoms with Gasteiger partial charge in [0.15, 0.2) is 0 Å². The summed E-state index contributed by atoms with van der Waals surface area (Å²) in [6, 6.07) is 22.9. The Balaban J connectivity index is 1.24. The van der Waals surface area contributed by atoms with Gasteiger partial charge < -0.3 is 24.4 Å². The number of carbonyl (C=O) groups is 1. The Labute approximate surface area is 236 Å². The van der Waals surface area contributed by atoms with Crippen molar-refractivity contribution in [3.05, 3.63) is 89.0 Å². The highest BCUT2D eigenvalue weighted by Gasteiger charge is 2.56. The normalized spacial score (nSPS) is 26.3. The van der Waals surface area contributed by atoms with Crippen molar-refractivity contribution >= 4 is 11.8 Å².